The van der Waals surface area contributed by atoms with Gasteiger partial charge in [-0.05, 0) is 38.1 Å². The van der Waals surface area contributed by atoms with E-state index in [4.69, 9.17) is 4.98 Å². The van der Waals surface area contributed by atoms with Gasteiger partial charge in [0.15, 0.2) is 0 Å². The van der Waals surface area contributed by atoms with Gasteiger partial charge < -0.3 is 10.0 Å². The number of nitrogens with zero attached hydrogens (tertiary/aromatic N) is 4. The molecule has 6 heteroatoms. The summed E-state index contributed by atoms with van der Waals surface area (Å²) >= 11 is 0. The first-order chi connectivity index (χ1) is 14.5. The number of benzene rings is 2. The van der Waals surface area contributed by atoms with Crippen molar-refractivity contribution in [2.45, 2.75) is 26.9 Å². The summed E-state index contributed by atoms with van der Waals surface area (Å²) in [7, 11) is 1.78. The Bertz CT molecular complexity index is 1210. The first-order valence-electron chi connectivity index (χ1n) is 9.94. The third-order valence-corrected chi connectivity index (χ3v) is 5.35. The predicted octanol–water partition coefficient (Wildman–Crippen LogP) is 4.40. The maximum atomic E-state index is 13.4. The molecule has 0 aliphatic heterocycles. The lowest BCUT2D eigenvalue weighted by Crippen LogP contribution is -2.26. The lowest BCUT2D eigenvalue weighted by atomic mass is 10.0. The highest BCUT2D eigenvalue weighted by atomic mass is 16.3. The predicted molar refractivity (Wildman–Crippen MR) is 117 cm³/mol. The fourth-order valence-corrected chi connectivity index (χ4v) is 3.64. The number of phenolic OH excluding ortho intramolecular Hbond substituents is 1. The molecule has 0 aliphatic rings. The van der Waals surface area contributed by atoms with Crippen LogP contribution in [0.25, 0.3) is 22.2 Å². The molecule has 0 bridgehead atoms. The summed E-state index contributed by atoms with van der Waals surface area (Å²) in [6.07, 6.45) is 1.81. The molecule has 1 N–H and O–H groups in total. The molecule has 1 amide bonds. The SMILES string of the molecule is CCn1ncc(CN(C)C(=O)c2cc(-c3ccccc3)nc3ccc(O)cc23)c1C. The molecule has 0 aliphatic carbocycles. The summed E-state index contributed by atoms with van der Waals surface area (Å²) in [5, 5.41) is 15.0. The number of carbonyl (C=O) groups is 1. The highest BCUT2D eigenvalue weighted by Gasteiger charge is 2.19. The van der Waals surface area contributed by atoms with Crippen LogP contribution in [0.5, 0.6) is 5.75 Å². The molecule has 2 aromatic heterocycles. The number of aromatic nitrogens is 3. The Kier molecular flexibility index (Phi) is 5.23. The summed E-state index contributed by atoms with van der Waals surface area (Å²) in [5.74, 6) is -0.0256. The molecule has 0 spiro atoms. The third-order valence-electron chi connectivity index (χ3n) is 5.35. The Morgan fingerprint density at radius 1 is 1.13 bits per heavy atom. The van der Waals surface area contributed by atoms with Crippen LogP contribution in [0.2, 0.25) is 0 Å². The maximum Gasteiger partial charge on any atom is 0.254 e. The molecular formula is C24H24N4O2. The Balaban J connectivity index is 1.76. The van der Waals surface area contributed by atoms with E-state index in [0.717, 1.165) is 29.1 Å². The van der Waals surface area contributed by atoms with Crippen molar-refractivity contribution in [2.75, 3.05) is 7.05 Å². The van der Waals surface area contributed by atoms with Crippen LogP contribution in [-0.4, -0.2) is 37.7 Å². The average Bonchev–Trinajstić information content (AvgIpc) is 3.12. The van der Waals surface area contributed by atoms with Crippen molar-refractivity contribution in [1.29, 1.82) is 0 Å². The first kappa shape index (κ1) is 19.6. The molecule has 4 aromatic rings. The molecule has 30 heavy (non-hydrogen) atoms. The Morgan fingerprint density at radius 2 is 1.90 bits per heavy atom. The molecule has 6 nitrogen and oxygen atoms in total. The monoisotopic (exact) mass is 400 g/mol. The van der Waals surface area contributed by atoms with Gasteiger partial charge in [-0.2, -0.15) is 5.10 Å². The largest absolute Gasteiger partial charge is 0.508 e. The van der Waals surface area contributed by atoms with Crippen molar-refractivity contribution in [3.8, 4) is 17.0 Å². The van der Waals surface area contributed by atoms with E-state index in [1.165, 1.54) is 0 Å². The minimum absolute atomic E-state index is 0.105. The van der Waals surface area contributed by atoms with E-state index < -0.39 is 0 Å². The second-order valence-corrected chi connectivity index (χ2v) is 7.35. The minimum Gasteiger partial charge on any atom is -0.508 e. The van der Waals surface area contributed by atoms with Crippen LogP contribution in [0.1, 0.15) is 28.5 Å². The molecule has 0 saturated carbocycles. The van der Waals surface area contributed by atoms with E-state index in [9.17, 15) is 9.90 Å². The Morgan fingerprint density at radius 3 is 2.60 bits per heavy atom. The van der Waals surface area contributed by atoms with Gasteiger partial charge in [-0.15, -0.1) is 0 Å². The number of aryl methyl sites for hydroxylation is 1. The number of hydrogen-bond acceptors (Lipinski definition) is 4. The van der Waals surface area contributed by atoms with Crippen LogP contribution in [0.3, 0.4) is 0 Å². The lowest BCUT2D eigenvalue weighted by Gasteiger charge is -2.19. The third kappa shape index (κ3) is 3.64. The van der Waals surface area contributed by atoms with E-state index in [-0.39, 0.29) is 11.7 Å². The topological polar surface area (TPSA) is 71.2 Å². The van der Waals surface area contributed by atoms with E-state index in [1.807, 2.05) is 55.1 Å². The lowest BCUT2D eigenvalue weighted by molar-refractivity contribution is 0.0787. The highest BCUT2D eigenvalue weighted by molar-refractivity contribution is 6.07. The number of phenols is 1. The second kappa shape index (κ2) is 7.99. The summed E-state index contributed by atoms with van der Waals surface area (Å²) in [6.45, 7) is 5.29. The molecular weight excluding hydrogens is 376 g/mol. The summed E-state index contributed by atoms with van der Waals surface area (Å²) in [5.41, 5.74) is 4.90. The van der Waals surface area contributed by atoms with Crippen molar-refractivity contribution in [3.05, 3.63) is 77.6 Å². The molecule has 0 fully saturated rings. The van der Waals surface area contributed by atoms with Crippen molar-refractivity contribution >= 4 is 16.8 Å². The number of hydrogen-bond donors (Lipinski definition) is 1. The van der Waals surface area contributed by atoms with Crippen LogP contribution in [0.4, 0.5) is 0 Å². The molecule has 4 rings (SSSR count). The Hall–Kier alpha value is -3.67. The van der Waals surface area contributed by atoms with Crippen LogP contribution < -0.4 is 0 Å². The van der Waals surface area contributed by atoms with Crippen molar-refractivity contribution in [1.82, 2.24) is 19.7 Å². The quantitative estimate of drug-likeness (QED) is 0.539. The fraction of sp³-hybridized carbons (Fsp3) is 0.208. The van der Waals surface area contributed by atoms with Crippen LogP contribution in [0, 0.1) is 6.92 Å². The smallest absolute Gasteiger partial charge is 0.254 e. The zero-order valence-corrected chi connectivity index (χ0v) is 17.3. The van der Waals surface area contributed by atoms with Gasteiger partial charge in [0.05, 0.1) is 23.0 Å². The van der Waals surface area contributed by atoms with Gasteiger partial charge in [-0.25, -0.2) is 4.98 Å². The number of rotatable bonds is 5. The Labute approximate surface area is 175 Å². The van der Waals surface area contributed by atoms with E-state index in [1.54, 1.807) is 36.2 Å². The van der Waals surface area contributed by atoms with Crippen molar-refractivity contribution in [2.24, 2.45) is 0 Å². The van der Waals surface area contributed by atoms with E-state index in [0.29, 0.717) is 23.0 Å². The molecule has 0 unspecified atom stereocenters. The number of carbonyl (C=O) groups excluding carboxylic acids is 1. The summed E-state index contributed by atoms with van der Waals surface area (Å²) in [4.78, 5) is 19.8. The zero-order valence-electron chi connectivity index (χ0n) is 17.3. The normalized spacial score (nSPS) is 11.0. The van der Waals surface area contributed by atoms with Gasteiger partial charge in [0.2, 0.25) is 0 Å². The molecule has 2 aromatic carbocycles. The van der Waals surface area contributed by atoms with Gasteiger partial charge in [-0.1, -0.05) is 30.3 Å². The number of amides is 1. The highest BCUT2D eigenvalue weighted by Crippen LogP contribution is 2.28. The fourth-order valence-electron chi connectivity index (χ4n) is 3.64. The summed E-state index contributed by atoms with van der Waals surface area (Å²) in [6, 6.07) is 16.5. The van der Waals surface area contributed by atoms with Gasteiger partial charge in [0.25, 0.3) is 5.91 Å². The van der Waals surface area contributed by atoms with Crippen molar-refractivity contribution in [3.63, 3.8) is 0 Å². The van der Waals surface area contributed by atoms with Crippen LogP contribution in [-0.2, 0) is 13.1 Å². The van der Waals surface area contributed by atoms with Gasteiger partial charge in [-0.3, -0.25) is 9.48 Å². The number of aromatic hydroxyl groups is 1. The minimum atomic E-state index is -0.131. The molecule has 0 atom stereocenters. The van der Waals surface area contributed by atoms with Crippen molar-refractivity contribution < 1.29 is 9.90 Å². The van der Waals surface area contributed by atoms with E-state index in [2.05, 4.69) is 5.10 Å². The molecule has 152 valence electrons. The standard InChI is InChI=1S/C24H24N4O2/c1-4-28-16(2)18(14-25-28)15-27(3)24(30)21-13-23(17-8-6-5-7-9-17)26-22-11-10-19(29)12-20(21)22/h5-14,29H,4,15H2,1-3H3. The zero-order chi connectivity index (χ0) is 21.3. The van der Waals surface area contributed by atoms with Gasteiger partial charge in [0, 0.05) is 42.3 Å². The van der Waals surface area contributed by atoms with Crippen LogP contribution in [0.15, 0.2) is 60.8 Å². The van der Waals surface area contributed by atoms with Crippen LogP contribution >= 0.6 is 0 Å². The first-order valence-corrected chi connectivity index (χ1v) is 9.94. The second-order valence-electron chi connectivity index (χ2n) is 7.35. The maximum absolute atomic E-state index is 13.4. The van der Waals surface area contributed by atoms with E-state index >= 15 is 0 Å². The average molecular weight is 400 g/mol. The number of pyridine rings is 1. The summed E-state index contributed by atoms with van der Waals surface area (Å²) < 4.78 is 1.92. The molecule has 0 saturated heterocycles. The van der Waals surface area contributed by atoms with Gasteiger partial charge >= 0.3 is 0 Å². The molecule has 2 heterocycles. The number of fused-ring (bicyclic) bond motifs is 1. The molecule has 0 radical (unpaired) electrons. The van der Waals surface area contributed by atoms with Gasteiger partial charge in [0.1, 0.15) is 5.75 Å².